The van der Waals surface area contributed by atoms with Crippen LogP contribution in [0.25, 0.3) is 33.4 Å². The second-order valence-electron chi connectivity index (χ2n) is 11.0. The fraction of sp³-hybridized carbons (Fsp3) is 0.382. The van der Waals surface area contributed by atoms with Gasteiger partial charge in [-0.25, -0.2) is 4.79 Å². The maximum absolute atomic E-state index is 13.6. The maximum atomic E-state index is 13.6. The maximum Gasteiger partial charge on any atom is 0.338 e. The number of aryl methyl sites for hydroxylation is 2. The fourth-order valence-corrected chi connectivity index (χ4v) is 5.82. The predicted octanol–water partition coefficient (Wildman–Crippen LogP) is 4.43. The standard InChI is InChI=1S/C34H41N5O4/c1-5-36-28-19-30-26(17-22(28)3)33(27-18-23(4)29(37-6-2)20-31(27)43-30)24-9-7-8-10-25(24)34(41)42-16-15-38-11-13-39(14-12-38)21-32(35)40/h7-10,17-20,36H,5-6,11-16,21H2,1-4H3,(H2,35,40)/b37-29+. The van der Waals surface area contributed by atoms with E-state index in [-0.39, 0.29) is 25.0 Å². The number of carbonyl (C=O) groups excluding carboxylic acids is 2. The predicted molar refractivity (Wildman–Crippen MR) is 170 cm³/mol. The van der Waals surface area contributed by atoms with Gasteiger partial charge in [0, 0.05) is 80.1 Å². The van der Waals surface area contributed by atoms with Crippen LogP contribution in [0.5, 0.6) is 0 Å². The lowest BCUT2D eigenvalue weighted by Gasteiger charge is -2.33. The number of nitrogens with one attached hydrogen (secondary N) is 1. The molecule has 3 aliphatic rings. The number of ether oxygens (including phenoxy) is 1. The molecule has 0 radical (unpaired) electrons. The second-order valence-corrected chi connectivity index (χ2v) is 11.0. The lowest BCUT2D eigenvalue weighted by molar-refractivity contribution is -0.119. The third-order valence-electron chi connectivity index (χ3n) is 7.98. The van der Waals surface area contributed by atoms with Crippen molar-refractivity contribution in [3.8, 4) is 22.5 Å². The van der Waals surface area contributed by atoms with E-state index in [1.165, 1.54) is 0 Å². The van der Waals surface area contributed by atoms with Gasteiger partial charge in [-0.15, -0.1) is 0 Å². The molecule has 5 rings (SSSR count). The zero-order chi connectivity index (χ0) is 30.5. The summed E-state index contributed by atoms with van der Waals surface area (Å²) in [6.45, 7) is 14.0. The number of anilines is 1. The third kappa shape index (κ3) is 6.73. The molecule has 2 aromatic carbocycles. The highest BCUT2D eigenvalue weighted by molar-refractivity contribution is 6.08. The zero-order valence-electron chi connectivity index (χ0n) is 25.5. The Morgan fingerprint density at radius 3 is 2.44 bits per heavy atom. The van der Waals surface area contributed by atoms with Crippen molar-refractivity contribution in [1.29, 1.82) is 0 Å². The quantitative estimate of drug-likeness (QED) is 0.210. The summed E-state index contributed by atoms with van der Waals surface area (Å²) in [6.07, 6.45) is 0. The fourth-order valence-electron chi connectivity index (χ4n) is 5.82. The first-order valence-corrected chi connectivity index (χ1v) is 15.0. The van der Waals surface area contributed by atoms with Crippen LogP contribution in [0.1, 0.15) is 35.3 Å². The Labute approximate surface area is 252 Å². The largest absolute Gasteiger partial charge is 0.461 e. The van der Waals surface area contributed by atoms with Crippen LogP contribution in [0.2, 0.25) is 0 Å². The minimum atomic E-state index is -0.361. The van der Waals surface area contributed by atoms with Crippen molar-refractivity contribution in [2.24, 2.45) is 10.7 Å². The Bertz CT molecular complexity index is 1670. The molecule has 0 spiro atoms. The molecule has 43 heavy (non-hydrogen) atoms. The van der Waals surface area contributed by atoms with E-state index in [9.17, 15) is 9.59 Å². The van der Waals surface area contributed by atoms with Gasteiger partial charge in [-0.3, -0.25) is 19.6 Å². The average Bonchev–Trinajstić information content (AvgIpc) is 2.98. The van der Waals surface area contributed by atoms with Crippen LogP contribution in [0.15, 0.2) is 57.9 Å². The SMILES string of the molecule is CC/N=c1\cc2oc3cc(NCC)c(C)cc3c(-c3ccccc3C(=O)OCCN3CCN(CC(N)=O)CC3)c-2cc1C. The number of hydrogen-bond acceptors (Lipinski definition) is 8. The summed E-state index contributed by atoms with van der Waals surface area (Å²) < 4.78 is 12.3. The lowest BCUT2D eigenvalue weighted by atomic mass is 9.89. The first-order valence-electron chi connectivity index (χ1n) is 15.0. The van der Waals surface area contributed by atoms with Crippen molar-refractivity contribution in [2.45, 2.75) is 27.7 Å². The van der Waals surface area contributed by atoms with Gasteiger partial charge in [-0.1, -0.05) is 18.2 Å². The molecule has 0 atom stereocenters. The number of carbonyl (C=O) groups is 2. The van der Waals surface area contributed by atoms with Gasteiger partial charge in [0.15, 0.2) is 0 Å². The Morgan fingerprint density at radius 1 is 0.977 bits per heavy atom. The molecule has 9 heteroatoms. The Kier molecular flexibility index (Phi) is 9.43. The number of hydrogen-bond donors (Lipinski definition) is 2. The number of nitrogens with two attached hydrogens (primary N) is 1. The van der Waals surface area contributed by atoms with Crippen molar-refractivity contribution in [3.63, 3.8) is 0 Å². The van der Waals surface area contributed by atoms with E-state index in [4.69, 9.17) is 14.9 Å². The monoisotopic (exact) mass is 583 g/mol. The van der Waals surface area contributed by atoms with Crippen LogP contribution in [0, 0.1) is 13.8 Å². The molecule has 1 amide bonds. The Balaban J connectivity index is 1.50. The molecule has 3 N–H and O–H groups in total. The zero-order valence-corrected chi connectivity index (χ0v) is 25.5. The van der Waals surface area contributed by atoms with Crippen LogP contribution >= 0.6 is 0 Å². The molecule has 0 saturated carbocycles. The topological polar surface area (TPSA) is 113 Å². The molecular formula is C34H41N5O4. The number of nitrogens with zero attached hydrogens (tertiary/aromatic N) is 3. The summed E-state index contributed by atoms with van der Waals surface area (Å²) in [5, 5.41) is 5.25. The van der Waals surface area contributed by atoms with E-state index in [0.29, 0.717) is 24.4 Å². The highest BCUT2D eigenvalue weighted by Crippen LogP contribution is 2.43. The molecule has 1 aliphatic carbocycles. The summed E-state index contributed by atoms with van der Waals surface area (Å²) in [7, 11) is 0. The minimum Gasteiger partial charge on any atom is -0.461 e. The van der Waals surface area contributed by atoms with E-state index in [1.807, 2.05) is 48.2 Å². The number of esters is 1. The smallest absolute Gasteiger partial charge is 0.338 e. The molecule has 1 saturated heterocycles. The highest BCUT2D eigenvalue weighted by Gasteiger charge is 2.24. The summed E-state index contributed by atoms with van der Waals surface area (Å²) >= 11 is 0. The normalized spacial score (nSPS) is 14.8. The van der Waals surface area contributed by atoms with Crippen LogP contribution in [-0.2, 0) is 9.53 Å². The second kappa shape index (κ2) is 13.4. The van der Waals surface area contributed by atoms with Gasteiger partial charge >= 0.3 is 5.97 Å². The van der Waals surface area contributed by atoms with Gasteiger partial charge < -0.3 is 20.2 Å². The molecule has 2 heterocycles. The Morgan fingerprint density at radius 2 is 1.72 bits per heavy atom. The first kappa shape index (κ1) is 30.3. The van der Waals surface area contributed by atoms with Gasteiger partial charge in [-0.2, -0.15) is 0 Å². The molecule has 2 aromatic rings. The molecule has 2 aliphatic heterocycles. The molecule has 1 fully saturated rings. The summed E-state index contributed by atoms with van der Waals surface area (Å²) in [5.74, 6) is 0.0408. The van der Waals surface area contributed by atoms with E-state index in [1.54, 1.807) is 0 Å². The van der Waals surface area contributed by atoms with Gasteiger partial charge in [0.1, 0.15) is 18.0 Å². The number of rotatable bonds is 10. The molecule has 0 bridgehead atoms. The first-order chi connectivity index (χ1) is 20.8. The van der Waals surface area contributed by atoms with E-state index in [0.717, 1.165) is 82.6 Å². The van der Waals surface area contributed by atoms with Gasteiger partial charge in [0.05, 0.1) is 17.5 Å². The third-order valence-corrected chi connectivity index (χ3v) is 7.98. The summed E-state index contributed by atoms with van der Waals surface area (Å²) in [4.78, 5) is 33.8. The van der Waals surface area contributed by atoms with E-state index >= 15 is 0 Å². The number of fused-ring (bicyclic) bond motifs is 2. The van der Waals surface area contributed by atoms with Gasteiger partial charge in [0.2, 0.25) is 5.91 Å². The average molecular weight is 584 g/mol. The molecule has 226 valence electrons. The van der Waals surface area contributed by atoms with Crippen molar-refractivity contribution in [2.75, 3.05) is 64.3 Å². The summed E-state index contributed by atoms with van der Waals surface area (Å²) in [6, 6.07) is 15.9. The van der Waals surface area contributed by atoms with Crippen molar-refractivity contribution in [1.82, 2.24) is 9.80 Å². The molecular weight excluding hydrogens is 542 g/mol. The number of benzene rings is 3. The number of piperazine rings is 1. The highest BCUT2D eigenvalue weighted by atomic mass is 16.5. The molecule has 0 unspecified atom stereocenters. The van der Waals surface area contributed by atoms with Gasteiger partial charge in [0.25, 0.3) is 0 Å². The van der Waals surface area contributed by atoms with Crippen molar-refractivity contribution >= 4 is 28.5 Å². The number of amides is 1. The van der Waals surface area contributed by atoms with Crippen LogP contribution < -0.4 is 16.4 Å². The minimum absolute atomic E-state index is 0.278. The van der Waals surface area contributed by atoms with E-state index in [2.05, 4.69) is 48.1 Å². The molecule has 0 aromatic heterocycles. The van der Waals surface area contributed by atoms with Crippen LogP contribution in [-0.4, -0.2) is 80.6 Å². The number of primary amides is 1. The Hall–Kier alpha value is -4.21. The molecule has 9 nitrogen and oxygen atoms in total. The van der Waals surface area contributed by atoms with Gasteiger partial charge in [-0.05, 0) is 62.6 Å². The van der Waals surface area contributed by atoms with Crippen LogP contribution in [0.3, 0.4) is 0 Å². The van der Waals surface area contributed by atoms with Crippen molar-refractivity contribution in [3.05, 3.63) is 70.6 Å². The van der Waals surface area contributed by atoms with E-state index < -0.39 is 0 Å². The van der Waals surface area contributed by atoms with Crippen LogP contribution in [0.4, 0.5) is 5.69 Å². The summed E-state index contributed by atoms with van der Waals surface area (Å²) in [5.41, 5.74) is 12.4. The van der Waals surface area contributed by atoms with Crippen molar-refractivity contribution < 1.29 is 18.7 Å². The lowest BCUT2D eigenvalue weighted by Crippen LogP contribution is -2.49.